The van der Waals surface area contributed by atoms with Gasteiger partial charge in [0, 0.05) is 51.0 Å². The van der Waals surface area contributed by atoms with Gasteiger partial charge >= 0.3 is 0 Å². The molecule has 2 fully saturated rings. The number of hydrogen-bond donors (Lipinski definition) is 0. The number of nitrogens with zero attached hydrogens (tertiary/aromatic N) is 3. The van der Waals surface area contributed by atoms with Crippen LogP contribution in [0.1, 0.15) is 25.0 Å². The van der Waals surface area contributed by atoms with Crippen molar-refractivity contribution >= 4 is 15.7 Å². The molecule has 5 rings (SSSR count). The Bertz CT molecular complexity index is 1400. The number of rotatable bonds is 14. The first kappa shape index (κ1) is 29.2. The lowest BCUT2D eigenvalue weighted by Gasteiger charge is -2.27. The fourth-order valence-corrected chi connectivity index (χ4v) is 7.63. The summed E-state index contributed by atoms with van der Waals surface area (Å²) in [7, 11) is -3.88. The Balaban J connectivity index is 1.25. The lowest BCUT2D eigenvalue weighted by atomic mass is 10.1. The molecule has 1 saturated carbocycles. The lowest BCUT2D eigenvalue weighted by Crippen LogP contribution is -2.41. The second-order valence-corrected chi connectivity index (χ2v) is 12.7. The SMILES string of the molecule is CCO[C@H](C)Cc1ccc(OCCN(C2[C@H]3CN(Cc4ccccc4)C[C@@H]23)S(=O)(=O)c2ccc([N+](=O)[O-])cc2)cc1. The van der Waals surface area contributed by atoms with Crippen molar-refractivity contribution in [2.24, 2.45) is 11.8 Å². The normalized spacial score (nSPS) is 21.0. The van der Waals surface area contributed by atoms with Crippen LogP contribution in [0.25, 0.3) is 0 Å². The Morgan fingerprint density at radius 3 is 2.24 bits per heavy atom. The van der Waals surface area contributed by atoms with Crippen molar-refractivity contribution in [2.45, 2.75) is 43.9 Å². The smallest absolute Gasteiger partial charge is 0.269 e. The van der Waals surface area contributed by atoms with Crippen LogP contribution in [0.2, 0.25) is 0 Å². The summed E-state index contributed by atoms with van der Waals surface area (Å²) in [6.45, 7) is 7.60. The average Bonchev–Trinajstić information content (AvgIpc) is 3.44. The molecule has 2 aliphatic rings. The first-order valence-electron chi connectivity index (χ1n) is 14.1. The maximum absolute atomic E-state index is 13.8. The highest BCUT2D eigenvalue weighted by atomic mass is 32.2. The van der Waals surface area contributed by atoms with Crippen molar-refractivity contribution < 1.29 is 22.8 Å². The highest BCUT2D eigenvalue weighted by molar-refractivity contribution is 7.89. The summed E-state index contributed by atoms with van der Waals surface area (Å²) in [6, 6.07) is 23.1. The maximum atomic E-state index is 13.8. The van der Waals surface area contributed by atoms with Gasteiger partial charge in [-0.1, -0.05) is 42.5 Å². The molecule has 10 heteroatoms. The number of ether oxygens (including phenoxy) is 2. The number of nitro groups is 1. The first-order chi connectivity index (χ1) is 19.8. The Morgan fingerprint density at radius 1 is 0.976 bits per heavy atom. The van der Waals surface area contributed by atoms with E-state index in [1.165, 1.54) is 29.8 Å². The van der Waals surface area contributed by atoms with Gasteiger partial charge in [0.1, 0.15) is 12.4 Å². The number of nitro benzene ring substituents is 1. The molecule has 3 aromatic carbocycles. The maximum Gasteiger partial charge on any atom is 0.269 e. The van der Waals surface area contributed by atoms with E-state index in [1.54, 1.807) is 4.31 Å². The number of benzene rings is 3. The Hall–Kier alpha value is -3.31. The molecule has 1 aliphatic heterocycles. The third-order valence-corrected chi connectivity index (χ3v) is 9.85. The molecule has 1 saturated heterocycles. The monoisotopic (exact) mass is 579 g/mol. The molecule has 4 atom stereocenters. The van der Waals surface area contributed by atoms with Crippen LogP contribution in [-0.2, 0) is 27.7 Å². The highest BCUT2D eigenvalue weighted by Crippen LogP contribution is 2.50. The number of sulfonamides is 1. The molecule has 0 N–H and O–H groups in total. The summed E-state index contributed by atoms with van der Waals surface area (Å²) in [5.74, 6) is 1.17. The molecule has 0 amide bonds. The molecule has 0 bridgehead atoms. The molecule has 0 aromatic heterocycles. The van der Waals surface area contributed by atoms with Gasteiger partial charge in [0.2, 0.25) is 10.0 Å². The van der Waals surface area contributed by atoms with E-state index in [0.717, 1.165) is 31.6 Å². The molecule has 41 heavy (non-hydrogen) atoms. The summed E-state index contributed by atoms with van der Waals surface area (Å²) in [6.07, 6.45) is 0.938. The second kappa shape index (κ2) is 12.7. The summed E-state index contributed by atoms with van der Waals surface area (Å²) in [4.78, 5) is 13.0. The zero-order chi connectivity index (χ0) is 29.0. The van der Waals surface area contributed by atoms with Crippen LogP contribution in [0.3, 0.4) is 0 Å². The molecule has 1 unspecified atom stereocenters. The van der Waals surface area contributed by atoms with Crippen LogP contribution in [0.15, 0.2) is 83.8 Å². The van der Waals surface area contributed by atoms with Gasteiger partial charge in [0.25, 0.3) is 5.69 Å². The number of non-ortho nitro benzene ring substituents is 1. The molecule has 0 radical (unpaired) electrons. The molecule has 1 heterocycles. The molecule has 0 spiro atoms. The van der Waals surface area contributed by atoms with E-state index in [1.807, 2.05) is 56.3 Å². The summed E-state index contributed by atoms with van der Waals surface area (Å²) < 4.78 is 40.8. The third kappa shape index (κ3) is 6.95. The van der Waals surface area contributed by atoms with E-state index in [-0.39, 0.29) is 47.7 Å². The van der Waals surface area contributed by atoms with Crippen LogP contribution < -0.4 is 4.74 Å². The van der Waals surface area contributed by atoms with Crippen molar-refractivity contribution in [3.8, 4) is 5.75 Å². The van der Waals surface area contributed by atoms with Crippen LogP contribution in [-0.4, -0.2) is 67.5 Å². The van der Waals surface area contributed by atoms with Crippen molar-refractivity contribution in [2.75, 3.05) is 32.8 Å². The van der Waals surface area contributed by atoms with Crippen molar-refractivity contribution in [1.29, 1.82) is 0 Å². The van der Waals surface area contributed by atoms with Gasteiger partial charge in [0.15, 0.2) is 0 Å². The van der Waals surface area contributed by atoms with Crippen molar-refractivity contribution in [3.05, 3.63) is 100 Å². The van der Waals surface area contributed by atoms with E-state index in [4.69, 9.17) is 9.47 Å². The average molecular weight is 580 g/mol. The fourth-order valence-electron chi connectivity index (χ4n) is 5.94. The predicted molar refractivity (Wildman–Crippen MR) is 156 cm³/mol. The summed E-state index contributed by atoms with van der Waals surface area (Å²) >= 11 is 0. The molecular formula is C31H37N3O6S. The van der Waals surface area contributed by atoms with E-state index in [9.17, 15) is 18.5 Å². The minimum absolute atomic E-state index is 0.0574. The summed E-state index contributed by atoms with van der Waals surface area (Å²) in [5.41, 5.74) is 2.25. The highest BCUT2D eigenvalue weighted by Gasteiger charge is 2.60. The van der Waals surface area contributed by atoms with Crippen molar-refractivity contribution in [1.82, 2.24) is 9.21 Å². The van der Waals surface area contributed by atoms with Gasteiger partial charge in [-0.3, -0.25) is 15.0 Å². The Morgan fingerprint density at radius 2 is 1.63 bits per heavy atom. The van der Waals surface area contributed by atoms with E-state index in [0.29, 0.717) is 12.4 Å². The van der Waals surface area contributed by atoms with Gasteiger partial charge in [-0.05, 0) is 67.5 Å². The fraction of sp³-hybridized carbons (Fsp3) is 0.419. The largest absolute Gasteiger partial charge is 0.492 e. The van der Waals surface area contributed by atoms with Crippen LogP contribution in [0, 0.1) is 22.0 Å². The molecule has 1 aliphatic carbocycles. The predicted octanol–water partition coefficient (Wildman–Crippen LogP) is 4.76. The molecule has 9 nitrogen and oxygen atoms in total. The Labute approximate surface area is 241 Å². The number of fused-ring (bicyclic) bond motifs is 1. The van der Waals surface area contributed by atoms with Gasteiger partial charge in [-0.25, -0.2) is 8.42 Å². The number of hydrogen-bond acceptors (Lipinski definition) is 7. The van der Waals surface area contributed by atoms with Gasteiger partial charge in [0.05, 0.1) is 15.9 Å². The van der Waals surface area contributed by atoms with E-state index >= 15 is 0 Å². The van der Waals surface area contributed by atoms with Crippen molar-refractivity contribution in [3.63, 3.8) is 0 Å². The lowest BCUT2D eigenvalue weighted by molar-refractivity contribution is -0.384. The van der Waals surface area contributed by atoms with E-state index in [2.05, 4.69) is 17.0 Å². The topological polar surface area (TPSA) is 102 Å². The van der Waals surface area contributed by atoms with E-state index < -0.39 is 14.9 Å². The van der Waals surface area contributed by atoms with Gasteiger partial charge in [-0.15, -0.1) is 0 Å². The zero-order valence-electron chi connectivity index (χ0n) is 23.5. The first-order valence-corrected chi connectivity index (χ1v) is 15.6. The van der Waals surface area contributed by atoms with Crippen LogP contribution in [0.5, 0.6) is 5.75 Å². The minimum Gasteiger partial charge on any atom is -0.492 e. The molecular weight excluding hydrogens is 542 g/mol. The standard InChI is InChI=1S/C31H37N3O6S/c1-3-39-23(2)19-24-9-13-27(14-10-24)40-18-17-33(41(37,38)28-15-11-26(12-16-28)34(35)36)31-29-21-32(22-30(29)31)20-25-7-5-4-6-8-25/h4-16,23,29-31H,3,17-22H2,1-2H3/t23-,29-,30+,31?/m1/s1. The Kier molecular flexibility index (Phi) is 9.03. The zero-order valence-corrected chi connectivity index (χ0v) is 24.3. The summed E-state index contributed by atoms with van der Waals surface area (Å²) in [5, 5.41) is 11.1. The number of piperidine rings is 1. The number of likely N-dealkylation sites (tertiary alicyclic amines) is 1. The van der Waals surface area contributed by atoms with Gasteiger partial charge in [-0.2, -0.15) is 4.31 Å². The minimum atomic E-state index is -3.88. The molecule has 3 aromatic rings. The van der Waals surface area contributed by atoms with Gasteiger partial charge < -0.3 is 9.47 Å². The van der Waals surface area contributed by atoms with Crippen LogP contribution in [0.4, 0.5) is 5.69 Å². The quantitative estimate of drug-likeness (QED) is 0.200. The second-order valence-electron chi connectivity index (χ2n) is 10.8. The molecule has 218 valence electrons. The van der Waals surface area contributed by atoms with Crippen LogP contribution >= 0.6 is 0 Å². The third-order valence-electron chi connectivity index (χ3n) is 7.94.